The van der Waals surface area contributed by atoms with E-state index < -0.39 is 17.6 Å². The zero-order valence-electron chi connectivity index (χ0n) is 10.6. The molecule has 1 heterocycles. The van der Waals surface area contributed by atoms with Crippen LogP contribution in [-0.4, -0.2) is 19.0 Å². The smallest absolute Gasteiger partial charge is 0.326 e. The first kappa shape index (κ1) is 14.8. The average molecular weight is 290 g/mol. The summed E-state index contributed by atoms with van der Waals surface area (Å²) >= 11 is 0. The maximum absolute atomic E-state index is 13.1. The number of halogens is 4. The molecule has 1 aliphatic heterocycles. The highest BCUT2D eigenvalue weighted by Crippen LogP contribution is 2.33. The van der Waals surface area contributed by atoms with Crippen molar-refractivity contribution in [2.45, 2.75) is 19.0 Å². The second-order valence-electron chi connectivity index (χ2n) is 4.72. The highest BCUT2D eigenvalue weighted by molar-refractivity contribution is 5.92. The Kier molecular flexibility index (Phi) is 4.27. The van der Waals surface area contributed by atoms with Crippen molar-refractivity contribution in [2.24, 2.45) is 5.92 Å². The molecule has 1 aromatic rings. The second-order valence-corrected chi connectivity index (χ2v) is 4.72. The van der Waals surface area contributed by atoms with E-state index in [4.69, 9.17) is 0 Å². The molecule has 3 nitrogen and oxygen atoms in total. The highest BCUT2D eigenvalue weighted by Gasteiger charge is 2.34. The van der Waals surface area contributed by atoms with Gasteiger partial charge in [0.05, 0.1) is 11.5 Å². The zero-order valence-corrected chi connectivity index (χ0v) is 10.6. The minimum Gasteiger partial charge on any atom is -0.326 e. The van der Waals surface area contributed by atoms with Crippen LogP contribution in [0.5, 0.6) is 0 Å². The minimum atomic E-state index is -4.78. The number of rotatable bonds is 2. The van der Waals surface area contributed by atoms with E-state index in [2.05, 4.69) is 10.6 Å². The molecule has 0 aliphatic carbocycles. The molecule has 20 heavy (non-hydrogen) atoms. The van der Waals surface area contributed by atoms with Crippen LogP contribution in [0, 0.1) is 11.7 Å². The Balaban J connectivity index is 2.11. The third kappa shape index (κ3) is 3.47. The monoisotopic (exact) mass is 290 g/mol. The van der Waals surface area contributed by atoms with E-state index in [-0.39, 0.29) is 17.5 Å². The average Bonchev–Trinajstić information content (AvgIpc) is 2.40. The first-order chi connectivity index (χ1) is 9.38. The largest absolute Gasteiger partial charge is 0.419 e. The zero-order chi connectivity index (χ0) is 14.8. The van der Waals surface area contributed by atoms with Crippen molar-refractivity contribution < 1.29 is 22.4 Å². The first-order valence-corrected chi connectivity index (χ1v) is 6.26. The molecule has 1 fully saturated rings. The molecular formula is C13H14F4N2O. The normalized spacial score (nSPS) is 19.7. The topological polar surface area (TPSA) is 41.1 Å². The van der Waals surface area contributed by atoms with Gasteiger partial charge in [-0.15, -0.1) is 0 Å². The highest BCUT2D eigenvalue weighted by atomic mass is 19.4. The van der Waals surface area contributed by atoms with Crippen LogP contribution in [0.3, 0.4) is 0 Å². The maximum atomic E-state index is 13.1. The van der Waals surface area contributed by atoms with Crippen LogP contribution in [0.1, 0.15) is 18.4 Å². The second kappa shape index (κ2) is 5.78. The van der Waals surface area contributed by atoms with Crippen LogP contribution in [0.25, 0.3) is 0 Å². The Hall–Kier alpha value is -1.63. The molecule has 2 N–H and O–H groups in total. The van der Waals surface area contributed by atoms with Gasteiger partial charge in [0.1, 0.15) is 5.82 Å². The van der Waals surface area contributed by atoms with E-state index in [0.29, 0.717) is 25.1 Å². The third-order valence-electron chi connectivity index (χ3n) is 3.21. The maximum Gasteiger partial charge on any atom is 0.419 e. The summed E-state index contributed by atoms with van der Waals surface area (Å²) in [5.41, 5.74) is -1.42. The number of anilines is 1. The summed E-state index contributed by atoms with van der Waals surface area (Å²) in [4.78, 5) is 11.9. The van der Waals surface area contributed by atoms with Crippen molar-refractivity contribution in [2.75, 3.05) is 18.4 Å². The Morgan fingerprint density at radius 2 is 2.10 bits per heavy atom. The summed E-state index contributed by atoms with van der Waals surface area (Å²) < 4.78 is 50.8. The number of alkyl halides is 3. The van der Waals surface area contributed by atoms with Gasteiger partial charge in [-0.3, -0.25) is 4.79 Å². The molecule has 0 radical (unpaired) electrons. The van der Waals surface area contributed by atoms with E-state index in [1.807, 2.05) is 0 Å². The van der Waals surface area contributed by atoms with E-state index in [1.165, 1.54) is 0 Å². The summed E-state index contributed by atoms with van der Waals surface area (Å²) in [7, 11) is 0. The molecule has 1 atom stereocenters. The van der Waals surface area contributed by atoms with Crippen molar-refractivity contribution in [1.29, 1.82) is 0 Å². The summed E-state index contributed by atoms with van der Waals surface area (Å²) in [6.45, 7) is 1.33. The number of hydrogen-bond acceptors (Lipinski definition) is 2. The summed E-state index contributed by atoms with van der Waals surface area (Å²) in [5.74, 6) is -1.98. The Morgan fingerprint density at radius 3 is 2.70 bits per heavy atom. The molecule has 1 saturated heterocycles. The van der Waals surface area contributed by atoms with Crippen LogP contribution in [0.2, 0.25) is 0 Å². The van der Waals surface area contributed by atoms with Gasteiger partial charge < -0.3 is 10.6 Å². The summed E-state index contributed by atoms with van der Waals surface area (Å²) in [5, 5.41) is 5.45. The number of piperidine rings is 1. The lowest BCUT2D eigenvalue weighted by molar-refractivity contribution is -0.140. The lowest BCUT2D eigenvalue weighted by Gasteiger charge is -2.22. The van der Waals surface area contributed by atoms with Crippen LogP contribution in [-0.2, 0) is 11.0 Å². The SMILES string of the molecule is O=C(Nc1ccc(F)c(C(F)(F)F)c1)[C@H]1CCCNC1. The number of benzene rings is 1. The Morgan fingerprint density at radius 1 is 1.35 bits per heavy atom. The molecular weight excluding hydrogens is 276 g/mol. The van der Waals surface area contributed by atoms with Gasteiger partial charge in [-0.25, -0.2) is 4.39 Å². The van der Waals surface area contributed by atoms with Gasteiger partial charge in [0, 0.05) is 12.2 Å². The van der Waals surface area contributed by atoms with Crippen LogP contribution in [0.15, 0.2) is 18.2 Å². The molecule has 110 valence electrons. The third-order valence-corrected chi connectivity index (χ3v) is 3.21. The molecule has 0 spiro atoms. The Labute approximate surface area is 113 Å². The van der Waals surface area contributed by atoms with Gasteiger partial charge in [-0.1, -0.05) is 0 Å². The van der Waals surface area contributed by atoms with E-state index >= 15 is 0 Å². The van der Waals surface area contributed by atoms with Crippen molar-refractivity contribution in [1.82, 2.24) is 5.32 Å². The number of carbonyl (C=O) groups is 1. The fraction of sp³-hybridized carbons (Fsp3) is 0.462. The van der Waals surface area contributed by atoms with Crippen LogP contribution in [0.4, 0.5) is 23.2 Å². The standard InChI is InChI=1S/C13H14F4N2O/c14-11-4-3-9(6-10(11)13(15,16)17)19-12(20)8-2-1-5-18-7-8/h3-4,6,8,18H,1-2,5,7H2,(H,19,20)/t8-/m0/s1. The predicted octanol–water partition coefficient (Wildman–Crippen LogP) is 2.78. The number of hydrogen-bond donors (Lipinski definition) is 2. The van der Waals surface area contributed by atoms with Crippen LogP contribution >= 0.6 is 0 Å². The minimum absolute atomic E-state index is 0.0469. The predicted molar refractivity (Wildman–Crippen MR) is 65.6 cm³/mol. The summed E-state index contributed by atoms with van der Waals surface area (Å²) in [6, 6.07) is 2.44. The lowest BCUT2D eigenvalue weighted by Crippen LogP contribution is -2.37. The van der Waals surface area contributed by atoms with Gasteiger partial charge in [-0.2, -0.15) is 13.2 Å². The lowest BCUT2D eigenvalue weighted by atomic mass is 9.98. The molecule has 1 aromatic carbocycles. The van der Waals surface area contributed by atoms with Gasteiger partial charge in [0.2, 0.25) is 5.91 Å². The van der Waals surface area contributed by atoms with Gasteiger partial charge in [-0.05, 0) is 37.6 Å². The van der Waals surface area contributed by atoms with Crippen molar-refractivity contribution in [3.8, 4) is 0 Å². The number of carbonyl (C=O) groups excluding carboxylic acids is 1. The quantitative estimate of drug-likeness (QED) is 0.822. The molecule has 0 aromatic heterocycles. The van der Waals surface area contributed by atoms with E-state index in [1.54, 1.807) is 0 Å². The van der Waals surface area contributed by atoms with Crippen LogP contribution < -0.4 is 10.6 Å². The Bertz CT molecular complexity index is 496. The number of amides is 1. The molecule has 2 rings (SSSR count). The molecule has 0 saturated carbocycles. The van der Waals surface area contributed by atoms with Gasteiger partial charge >= 0.3 is 6.18 Å². The molecule has 0 bridgehead atoms. The van der Waals surface area contributed by atoms with Crippen molar-refractivity contribution in [3.63, 3.8) is 0 Å². The molecule has 0 unspecified atom stereocenters. The number of nitrogens with one attached hydrogen (secondary N) is 2. The van der Waals surface area contributed by atoms with E-state index in [0.717, 1.165) is 19.0 Å². The van der Waals surface area contributed by atoms with Gasteiger partial charge in [0.15, 0.2) is 0 Å². The van der Waals surface area contributed by atoms with Crippen molar-refractivity contribution in [3.05, 3.63) is 29.6 Å². The first-order valence-electron chi connectivity index (χ1n) is 6.26. The van der Waals surface area contributed by atoms with Crippen molar-refractivity contribution >= 4 is 11.6 Å². The summed E-state index contributed by atoms with van der Waals surface area (Å²) in [6.07, 6.45) is -3.25. The van der Waals surface area contributed by atoms with Gasteiger partial charge in [0.25, 0.3) is 0 Å². The van der Waals surface area contributed by atoms with E-state index in [9.17, 15) is 22.4 Å². The molecule has 7 heteroatoms. The fourth-order valence-corrected chi connectivity index (χ4v) is 2.14. The molecule has 1 aliphatic rings. The molecule has 1 amide bonds. The fourth-order valence-electron chi connectivity index (χ4n) is 2.14.